The van der Waals surface area contributed by atoms with Crippen molar-refractivity contribution in [3.05, 3.63) is 11.0 Å². The molecule has 0 radical (unpaired) electrons. The summed E-state index contributed by atoms with van der Waals surface area (Å²) in [5.41, 5.74) is 5.38. The Kier molecular flexibility index (Phi) is 5.22. The number of allylic oxidation sites excluding steroid dienone is 1. The van der Waals surface area contributed by atoms with E-state index in [1.165, 1.54) is 4.91 Å². The van der Waals surface area contributed by atoms with Crippen LogP contribution in [0.4, 0.5) is 0 Å². The van der Waals surface area contributed by atoms with Crippen molar-refractivity contribution in [2.24, 2.45) is 5.73 Å². The Morgan fingerprint density at radius 1 is 1.88 bits per heavy atom. The molecule has 0 aromatic rings. The number of hydrogen-bond acceptors (Lipinski definition) is 2. The SMILES string of the molecule is CC/C=C(/CN)SC.[HH]. The molecule has 0 aliphatic rings. The van der Waals surface area contributed by atoms with Crippen LogP contribution in [-0.2, 0) is 0 Å². The van der Waals surface area contributed by atoms with Gasteiger partial charge in [-0.1, -0.05) is 13.0 Å². The molecule has 0 bridgehead atoms. The first-order valence-electron chi connectivity index (χ1n) is 2.78. The standard InChI is InChI=1S/C6H13NS.H2/c1-3-4-6(5-7)8-2;/h4H,3,5,7H2,1-2H3;1H/b6-4-;. The van der Waals surface area contributed by atoms with Crippen LogP contribution in [0.3, 0.4) is 0 Å². The second-order valence-electron chi connectivity index (χ2n) is 1.49. The molecule has 0 saturated carbocycles. The number of thioether (sulfide) groups is 1. The summed E-state index contributed by atoms with van der Waals surface area (Å²) in [4.78, 5) is 1.28. The predicted molar refractivity (Wildman–Crippen MR) is 43.1 cm³/mol. The van der Waals surface area contributed by atoms with Crippen LogP contribution >= 0.6 is 11.8 Å². The molecule has 0 aliphatic carbocycles. The molecule has 1 nitrogen and oxygen atoms in total. The molecule has 0 fully saturated rings. The molecule has 0 unspecified atom stereocenters. The second-order valence-corrected chi connectivity index (χ2v) is 2.42. The van der Waals surface area contributed by atoms with Gasteiger partial charge in [0.05, 0.1) is 0 Å². The van der Waals surface area contributed by atoms with E-state index in [0.717, 1.165) is 6.42 Å². The highest BCUT2D eigenvalue weighted by Gasteiger charge is 1.85. The summed E-state index contributed by atoms with van der Waals surface area (Å²) in [5.74, 6) is 0. The van der Waals surface area contributed by atoms with Crippen molar-refractivity contribution in [2.45, 2.75) is 13.3 Å². The normalized spacial score (nSPS) is 12.1. The monoisotopic (exact) mass is 133 g/mol. The van der Waals surface area contributed by atoms with Crippen molar-refractivity contribution in [1.29, 1.82) is 0 Å². The summed E-state index contributed by atoms with van der Waals surface area (Å²) >= 11 is 1.73. The Morgan fingerprint density at radius 2 is 2.50 bits per heavy atom. The van der Waals surface area contributed by atoms with E-state index in [2.05, 4.69) is 13.0 Å². The zero-order valence-corrected chi connectivity index (χ0v) is 6.29. The van der Waals surface area contributed by atoms with Gasteiger partial charge >= 0.3 is 0 Å². The lowest BCUT2D eigenvalue weighted by Gasteiger charge is -1.95. The van der Waals surface area contributed by atoms with E-state index in [1.807, 2.05) is 6.26 Å². The van der Waals surface area contributed by atoms with E-state index in [9.17, 15) is 0 Å². The van der Waals surface area contributed by atoms with Gasteiger partial charge in [-0.3, -0.25) is 0 Å². The van der Waals surface area contributed by atoms with Gasteiger partial charge in [0.15, 0.2) is 0 Å². The molecule has 0 atom stereocenters. The first kappa shape index (κ1) is 8.05. The fourth-order valence-corrected chi connectivity index (χ4v) is 0.978. The van der Waals surface area contributed by atoms with Crippen LogP contribution in [0.25, 0.3) is 0 Å². The van der Waals surface area contributed by atoms with E-state index < -0.39 is 0 Å². The lowest BCUT2D eigenvalue weighted by molar-refractivity contribution is 1.16. The minimum absolute atomic E-state index is 0. The van der Waals surface area contributed by atoms with E-state index in [0.29, 0.717) is 6.54 Å². The highest BCUT2D eigenvalue weighted by molar-refractivity contribution is 8.02. The van der Waals surface area contributed by atoms with Crippen molar-refractivity contribution >= 4 is 11.8 Å². The number of nitrogens with two attached hydrogens (primary N) is 1. The fraction of sp³-hybridized carbons (Fsp3) is 0.667. The summed E-state index contributed by atoms with van der Waals surface area (Å²) in [7, 11) is 0. The molecule has 2 N–H and O–H groups in total. The smallest absolute Gasteiger partial charge is 0.0235 e. The minimum atomic E-state index is 0. The van der Waals surface area contributed by atoms with Gasteiger partial charge in [-0.05, 0) is 17.6 Å². The van der Waals surface area contributed by atoms with Gasteiger partial charge in [-0.2, -0.15) is 0 Å². The van der Waals surface area contributed by atoms with Gasteiger partial charge in [-0.25, -0.2) is 0 Å². The van der Waals surface area contributed by atoms with Gasteiger partial charge in [0, 0.05) is 7.97 Å². The van der Waals surface area contributed by atoms with Crippen LogP contribution in [0.15, 0.2) is 11.0 Å². The lowest BCUT2D eigenvalue weighted by Crippen LogP contribution is -1.99. The van der Waals surface area contributed by atoms with Crippen molar-refractivity contribution in [1.82, 2.24) is 0 Å². The maximum absolute atomic E-state index is 5.38. The molecule has 0 aliphatic heterocycles. The number of rotatable bonds is 3. The molecule has 0 heterocycles. The molecular formula is C6H15NS. The molecule has 50 valence electrons. The minimum Gasteiger partial charge on any atom is -0.326 e. The summed E-state index contributed by atoms with van der Waals surface area (Å²) in [6, 6.07) is 0. The van der Waals surface area contributed by atoms with Crippen LogP contribution in [-0.4, -0.2) is 12.8 Å². The van der Waals surface area contributed by atoms with Crippen molar-refractivity contribution in [3.8, 4) is 0 Å². The number of hydrogen-bond donors (Lipinski definition) is 1. The third-order valence-corrected chi connectivity index (χ3v) is 1.75. The molecule has 0 aromatic heterocycles. The Balaban J connectivity index is 0. The first-order chi connectivity index (χ1) is 3.85. The highest BCUT2D eigenvalue weighted by Crippen LogP contribution is 2.08. The van der Waals surface area contributed by atoms with E-state index in [-0.39, 0.29) is 1.43 Å². The van der Waals surface area contributed by atoms with Gasteiger partial charge < -0.3 is 5.73 Å². The van der Waals surface area contributed by atoms with Crippen molar-refractivity contribution in [3.63, 3.8) is 0 Å². The van der Waals surface area contributed by atoms with E-state index in [4.69, 9.17) is 5.73 Å². The molecule has 0 aromatic carbocycles. The Hall–Kier alpha value is 0.0500. The third kappa shape index (κ3) is 3.10. The topological polar surface area (TPSA) is 26.0 Å². The largest absolute Gasteiger partial charge is 0.326 e. The van der Waals surface area contributed by atoms with Gasteiger partial charge in [-0.15, -0.1) is 11.8 Å². The second kappa shape index (κ2) is 5.19. The quantitative estimate of drug-likeness (QED) is 0.636. The summed E-state index contributed by atoms with van der Waals surface area (Å²) in [5, 5.41) is 0. The molecule has 0 saturated heterocycles. The van der Waals surface area contributed by atoms with E-state index >= 15 is 0 Å². The van der Waals surface area contributed by atoms with Crippen LogP contribution in [0, 0.1) is 0 Å². The third-order valence-electron chi connectivity index (χ3n) is 0.895. The lowest BCUT2D eigenvalue weighted by atomic mass is 10.4. The highest BCUT2D eigenvalue weighted by atomic mass is 32.2. The molecule has 0 amide bonds. The zero-order valence-electron chi connectivity index (χ0n) is 5.48. The summed E-state index contributed by atoms with van der Waals surface area (Å²) in [6.45, 7) is 2.81. The average Bonchev–Trinajstić information content (AvgIpc) is 1.83. The van der Waals surface area contributed by atoms with Crippen LogP contribution in [0.1, 0.15) is 14.8 Å². The maximum atomic E-state index is 5.38. The molecule has 0 spiro atoms. The Morgan fingerprint density at radius 3 is 2.62 bits per heavy atom. The molecule has 2 heteroatoms. The van der Waals surface area contributed by atoms with Crippen LogP contribution < -0.4 is 5.73 Å². The van der Waals surface area contributed by atoms with E-state index in [1.54, 1.807) is 11.8 Å². The predicted octanol–water partition coefficient (Wildman–Crippen LogP) is 1.85. The molecule has 0 rings (SSSR count). The van der Waals surface area contributed by atoms with Gasteiger partial charge in [0.2, 0.25) is 0 Å². The molecule has 8 heavy (non-hydrogen) atoms. The first-order valence-corrected chi connectivity index (χ1v) is 4.00. The van der Waals surface area contributed by atoms with Crippen LogP contribution in [0.5, 0.6) is 0 Å². The van der Waals surface area contributed by atoms with Crippen LogP contribution in [0.2, 0.25) is 0 Å². The maximum Gasteiger partial charge on any atom is 0.0235 e. The van der Waals surface area contributed by atoms with Gasteiger partial charge in [0.25, 0.3) is 0 Å². The van der Waals surface area contributed by atoms with Crippen molar-refractivity contribution < 1.29 is 1.43 Å². The average molecular weight is 133 g/mol. The zero-order chi connectivity index (χ0) is 6.41. The summed E-state index contributed by atoms with van der Waals surface area (Å²) < 4.78 is 0. The Labute approximate surface area is 56.8 Å². The van der Waals surface area contributed by atoms with Crippen molar-refractivity contribution in [2.75, 3.05) is 12.8 Å². The fourth-order valence-electron chi connectivity index (χ4n) is 0.478. The Bertz CT molecular complexity index is 77.1. The van der Waals surface area contributed by atoms with Gasteiger partial charge in [0.1, 0.15) is 0 Å². The molecular weight excluding hydrogens is 118 g/mol. The summed E-state index contributed by atoms with van der Waals surface area (Å²) in [6.07, 6.45) is 5.30.